The van der Waals surface area contributed by atoms with Crippen LogP contribution in [0.2, 0.25) is 0 Å². The van der Waals surface area contributed by atoms with Gasteiger partial charge in [0.25, 0.3) is 5.56 Å². The van der Waals surface area contributed by atoms with Crippen molar-refractivity contribution in [2.75, 3.05) is 12.4 Å². The van der Waals surface area contributed by atoms with Crippen LogP contribution in [0.25, 0.3) is 11.2 Å². The Kier molecular flexibility index (Phi) is 6.02. The molecule has 0 radical (unpaired) electrons. The predicted octanol–water partition coefficient (Wildman–Crippen LogP) is 1.37. The van der Waals surface area contributed by atoms with Gasteiger partial charge in [-0.15, -0.1) is 0 Å². The highest BCUT2D eigenvalue weighted by Crippen LogP contribution is 2.22. The molecule has 0 aliphatic carbocycles. The van der Waals surface area contributed by atoms with E-state index >= 15 is 0 Å². The zero-order chi connectivity index (χ0) is 19.4. The number of nitrogens with zero attached hydrogens (tertiary/aromatic N) is 3. The van der Waals surface area contributed by atoms with Crippen molar-refractivity contribution in [1.82, 2.24) is 19.1 Å². The van der Waals surface area contributed by atoms with Gasteiger partial charge in [0.15, 0.2) is 16.3 Å². The highest BCUT2D eigenvalue weighted by atomic mass is 32.2. The first kappa shape index (κ1) is 19.2. The van der Waals surface area contributed by atoms with Gasteiger partial charge in [-0.25, -0.2) is 9.78 Å². The number of H-pyrrole nitrogens is 1. The van der Waals surface area contributed by atoms with Gasteiger partial charge in [-0.05, 0) is 25.5 Å². The van der Waals surface area contributed by atoms with E-state index in [1.165, 1.54) is 16.3 Å². The van der Waals surface area contributed by atoms with Crippen LogP contribution in [0.3, 0.4) is 0 Å². The summed E-state index contributed by atoms with van der Waals surface area (Å²) in [6, 6.07) is 9.51. The van der Waals surface area contributed by atoms with Crippen molar-refractivity contribution < 1.29 is 9.84 Å². The number of ether oxygens (including phenoxy) is 1. The largest absolute Gasteiger partial charge is 0.494 e. The maximum absolute atomic E-state index is 12.4. The lowest BCUT2D eigenvalue weighted by atomic mass is 10.3. The van der Waals surface area contributed by atoms with Crippen molar-refractivity contribution in [3.05, 3.63) is 51.2 Å². The number of aromatic amines is 1. The molecule has 0 saturated heterocycles. The standard InChI is InChI=1S/C18H22N4O4S/c1-12(23)11-27-18-19-15-14(16(24)20-17(25)21(15)2)22(18)9-6-10-26-13-7-4-3-5-8-13/h3-5,7-8,12,23H,6,9-11H2,1-2H3,(H,20,24,25). The monoisotopic (exact) mass is 390 g/mol. The number of para-hydroxylation sites is 1. The molecule has 2 N–H and O–H groups in total. The smallest absolute Gasteiger partial charge is 0.329 e. The number of imidazole rings is 1. The number of aliphatic hydroxyl groups is 1. The van der Waals surface area contributed by atoms with E-state index in [2.05, 4.69) is 9.97 Å². The number of fused-ring (bicyclic) bond motifs is 1. The number of aryl methyl sites for hydroxylation is 2. The molecule has 0 amide bonds. The molecular weight excluding hydrogens is 368 g/mol. The highest BCUT2D eigenvalue weighted by Gasteiger charge is 2.18. The Morgan fingerprint density at radius 2 is 2.04 bits per heavy atom. The second kappa shape index (κ2) is 8.45. The maximum Gasteiger partial charge on any atom is 0.329 e. The molecule has 1 unspecified atom stereocenters. The SMILES string of the molecule is CC(O)CSc1nc2c(c(=O)[nH]c(=O)n2C)n1CCCOc1ccccc1. The van der Waals surface area contributed by atoms with Gasteiger partial charge in [-0.2, -0.15) is 0 Å². The lowest BCUT2D eigenvalue weighted by Crippen LogP contribution is -2.29. The molecule has 27 heavy (non-hydrogen) atoms. The Bertz CT molecular complexity index is 1020. The van der Waals surface area contributed by atoms with Gasteiger partial charge in [-0.3, -0.25) is 14.3 Å². The Labute approximate surface area is 159 Å². The van der Waals surface area contributed by atoms with Crippen molar-refractivity contribution in [2.24, 2.45) is 7.05 Å². The molecular formula is C18H22N4O4S. The van der Waals surface area contributed by atoms with Crippen LogP contribution >= 0.6 is 11.8 Å². The van der Waals surface area contributed by atoms with Crippen molar-refractivity contribution in [3.63, 3.8) is 0 Å². The number of thioether (sulfide) groups is 1. The first-order valence-electron chi connectivity index (χ1n) is 8.65. The minimum Gasteiger partial charge on any atom is -0.494 e. The third kappa shape index (κ3) is 4.42. The molecule has 2 aromatic heterocycles. The van der Waals surface area contributed by atoms with Crippen LogP contribution in [0.4, 0.5) is 0 Å². The molecule has 0 aliphatic heterocycles. The average molecular weight is 390 g/mol. The van der Waals surface area contributed by atoms with E-state index in [4.69, 9.17) is 4.74 Å². The molecule has 0 spiro atoms. The maximum atomic E-state index is 12.4. The minimum atomic E-state index is -0.508. The van der Waals surface area contributed by atoms with E-state index in [-0.39, 0.29) is 0 Å². The molecule has 0 fully saturated rings. The van der Waals surface area contributed by atoms with Crippen molar-refractivity contribution in [3.8, 4) is 5.75 Å². The van der Waals surface area contributed by atoms with Gasteiger partial charge in [0.05, 0.1) is 12.7 Å². The molecule has 1 atom stereocenters. The van der Waals surface area contributed by atoms with Gasteiger partial charge in [0.1, 0.15) is 5.75 Å². The third-order valence-corrected chi connectivity index (χ3v) is 5.18. The number of nitrogens with one attached hydrogen (secondary N) is 1. The first-order valence-corrected chi connectivity index (χ1v) is 9.64. The topological polar surface area (TPSA) is 102 Å². The van der Waals surface area contributed by atoms with Gasteiger partial charge in [0, 0.05) is 19.3 Å². The zero-order valence-electron chi connectivity index (χ0n) is 15.2. The quantitative estimate of drug-likeness (QED) is 0.445. The van der Waals surface area contributed by atoms with Crippen LogP contribution < -0.4 is 16.0 Å². The highest BCUT2D eigenvalue weighted by molar-refractivity contribution is 7.99. The number of hydrogen-bond acceptors (Lipinski definition) is 6. The summed E-state index contributed by atoms with van der Waals surface area (Å²) in [6.45, 7) is 2.68. The van der Waals surface area contributed by atoms with Gasteiger partial charge < -0.3 is 14.4 Å². The fraction of sp³-hybridized carbons (Fsp3) is 0.389. The number of aromatic nitrogens is 4. The lowest BCUT2D eigenvalue weighted by Gasteiger charge is -2.10. The molecule has 2 heterocycles. The summed E-state index contributed by atoms with van der Waals surface area (Å²) in [4.78, 5) is 31.0. The Morgan fingerprint density at radius 3 is 2.74 bits per heavy atom. The Hall–Kier alpha value is -2.52. The van der Waals surface area contributed by atoms with E-state index in [0.29, 0.717) is 41.6 Å². The molecule has 0 saturated carbocycles. The van der Waals surface area contributed by atoms with E-state index in [9.17, 15) is 14.7 Å². The van der Waals surface area contributed by atoms with Gasteiger partial charge in [0.2, 0.25) is 0 Å². The fourth-order valence-electron chi connectivity index (χ4n) is 2.66. The van der Waals surface area contributed by atoms with Crippen LogP contribution in [0, 0.1) is 0 Å². The summed E-state index contributed by atoms with van der Waals surface area (Å²) in [5.41, 5.74) is -0.282. The van der Waals surface area contributed by atoms with Crippen molar-refractivity contribution in [1.29, 1.82) is 0 Å². The summed E-state index contributed by atoms with van der Waals surface area (Å²) < 4.78 is 8.81. The predicted molar refractivity (Wildman–Crippen MR) is 105 cm³/mol. The second-order valence-corrected chi connectivity index (χ2v) is 7.20. The summed E-state index contributed by atoms with van der Waals surface area (Å²) in [6.07, 6.45) is 0.150. The molecule has 3 rings (SSSR count). The average Bonchev–Trinajstić information content (AvgIpc) is 3.02. The second-order valence-electron chi connectivity index (χ2n) is 6.21. The molecule has 3 aromatic rings. The normalized spacial score (nSPS) is 12.4. The molecule has 8 nitrogen and oxygen atoms in total. The molecule has 144 valence electrons. The summed E-state index contributed by atoms with van der Waals surface area (Å²) >= 11 is 1.35. The number of aliphatic hydroxyl groups excluding tert-OH is 1. The van der Waals surface area contributed by atoms with Crippen LogP contribution in [0.1, 0.15) is 13.3 Å². The van der Waals surface area contributed by atoms with Gasteiger partial charge >= 0.3 is 5.69 Å². The molecule has 9 heteroatoms. The Morgan fingerprint density at radius 1 is 1.30 bits per heavy atom. The fourth-order valence-corrected chi connectivity index (χ4v) is 3.54. The van der Waals surface area contributed by atoms with E-state index in [1.807, 2.05) is 30.3 Å². The van der Waals surface area contributed by atoms with E-state index < -0.39 is 17.4 Å². The summed E-state index contributed by atoms with van der Waals surface area (Å²) in [7, 11) is 1.57. The molecule has 0 bridgehead atoms. The number of rotatable bonds is 8. The van der Waals surface area contributed by atoms with Crippen molar-refractivity contribution in [2.45, 2.75) is 31.1 Å². The lowest BCUT2D eigenvalue weighted by molar-refractivity contribution is 0.220. The number of hydrogen-bond donors (Lipinski definition) is 2. The summed E-state index contributed by atoms with van der Waals surface area (Å²) in [5.74, 6) is 1.23. The molecule has 0 aliphatic rings. The zero-order valence-corrected chi connectivity index (χ0v) is 16.0. The third-order valence-electron chi connectivity index (χ3n) is 3.96. The van der Waals surface area contributed by atoms with Gasteiger partial charge in [-0.1, -0.05) is 30.0 Å². The Balaban J connectivity index is 1.84. The van der Waals surface area contributed by atoms with Crippen LogP contribution in [-0.4, -0.2) is 42.7 Å². The van der Waals surface area contributed by atoms with E-state index in [1.54, 1.807) is 18.5 Å². The molecule has 1 aromatic carbocycles. The summed E-state index contributed by atoms with van der Waals surface area (Å²) in [5, 5.41) is 10.2. The van der Waals surface area contributed by atoms with Crippen LogP contribution in [0.5, 0.6) is 5.75 Å². The van der Waals surface area contributed by atoms with Crippen LogP contribution in [-0.2, 0) is 13.6 Å². The number of benzene rings is 1. The first-order chi connectivity index (χ1) is 13.0. The van der Waals surface area contributed by atoms with Crippen molar-refractivity contribution >= 4 is 22.9 Å². The van der Waals surface area contributed by atoms with E-state index in [0.717, 1.165) is 5.75 Å². The van der Waals surface area contributed by atoms with Crippen LogP contribution in [0.15, 0.2) is 45.1 Å². The minimum absolute atomic E-state index is 0.334.